The van der Waals surface area contributed by atoms with Gasteiger partial charge in [-0.25, -0.2) is 14.8 Å². The van der Waals surface area contributed by atoms with Gasteiger partial charge in [-0.15, -0.1) is 0 Å². The second-order valence-electron chi connectivity index (χ2n) is 12.5. The number of carbonyl (C=O) groups is 3. The second kappa shape index (κ2) is 15.6. The number of H-pyrrole nitrogens is 2. The highest BCUT2D eigenvalue weighted by Gasteiger charge is 2.33. The van der Waals surface area contributed by atoms with Crippen molar-refractivity contribution in [2.45, 2.75) is 102 Å². The minimum Gasteiger partial charge on any atom is -0.444 e. The zero-order chi connectivity index (χ0) is 31.5. The van der Waals surface area contributed by atoms with Gasteiger partial charge in [-0.05, 0) is 38.7 Å². The highest BCUT2D eigenvalue weighted by atomic mass is 16.6. The summed E-state index contributed by atoms with van der Waals surface area (Å²) >= 11 is 0. The van der Waals surface area contributed by atoms with Crippen LogP contribution in [-0.2, 0) is 27.2 Å². The Morgan fingerprint density at radius 3 is 2.39 bits per heavy atom. The molecule has 44 heavy (non-hydrogen) atoms. The molecule has 1 fully saturated rings. The molecule has 3 amide bonds. The number of aromatic amines is 2. The lowest BCUT2D eigenvalue weighted by Gasteiger charge is -2.32. The van der Waals surface area contributed by atoms with Crippen LogP contribution in [0.1, 0.15) is 82.5 Å². The van der Waals surface area contributed by atoms with E-state index in [2.05, 4.69) is 35.9 Å². The third-order valence-corrected chi connectivity index (χ3v) is 7.74. The smallest absolute Gasteiger partial charge is 0.408 e. The molecule has 4 rings (SSSR count). The summed E-state index contributed by atoms with van der Waals surface area (Å²) in [7, 11) is 0. The first-order valence-electron chi connectivity index (χ1n) is 15.4. The van der Waals surface area contributed by atoms with E-state index in [-0.39, 0.29) is 12.8 Å². The zero-order valence-electron chi connectivity index (χ0n) is 25.7. The van der Waals surface area contributed by atoms with E-state index in [1.165, 1.54) is 12.7 Å². The van der Waals surface area contributed by atoms with E-state index in [9.17, 15) is 19.5 Å². The van der Waals surface area contributed by atoms with Crippen LogP contribution >= 0.6 is 0 Å². The fraction of sp³-hybridized carbons (Fsp3) is 0.531. The largest absolute Gasteiger partial charge is 0.444 e. The molecule has 4 atom stereocenters. The third kappa shape index (κ3) is 10.3. The summed E-state index contributed by atoms with van der Waals surface area (Å²) < 4.78 is 5.39. The molecule has 0 unspecified atom stereocenters. The summed E-state index contributed by atoms with van der Waals surface area (Å²) in [6.45, 7) is 5.19. The number of amides is 3. The van der Waals surface area contributed by atoms with Crippen molar-refractivity contribution in [1.82, 2.24) is 35.9 Å². The Morgan fingerprint density at radius 2 is 1.75 bits per heavy atom. The van der Waals surface area contributed by atoms with Gasteiger partial charge in [0, 0.05) is 43.2 Å². The van der Waals surface area contributed by atoms with Crippen LogP contribution in [0.2, 0.25) is 0 Å². The third-order valence-electron chi connectivity index (χ3n) is 7.74. The average Bonchev–Trinajstić information content (AvgIpc) is 3.71. The van der Waals surface area contributed by atoms with Crippen molar-refractivity contribution in [3.8, 4) is 0 Å². The highest BCUT2D eigenvalue weighted by molar-refractivity contribution is 6.01. The number of hydrogen-bond donors (Lipinski definition) is 6. The van der Waals surface area contributed by atoms with Crippen molar-refractivity contribution >= 4 is 17.9 Å². The molecule has 1 aromatic carbocycles. The second-order valence-corrected chi connectivity index (χ2v) is 12.5. The molecule has 0 saturated heterocycles. The van der Waals surface area contributed by atoms with Crippen LogP contribution in [0, 0.1) is 5.92 Å². The van der Waals surface area contributed by atoms with E-state index >= 15 is 0 Å². The van der Waals surface area contributed by atoms with Gasteiger partial charge in [-0.2, -0.15) is 0 Å². The molecule has 1 aliphatic rings. The Labute approximate surface area is 258 Å². The monoisotopic (exact) mass is 607 g/mol. The number of imidazole rings is 2. The number of nitrogens with one attached hydrogen (secondary N) is 5. The van der Waals surface area contributed by atoms with Crippen LogP contribution in [0.15, 0.2) is 55.2 Å². The molecular weight excluding hydrogens is 562 g/mol. The minimum atomic E-state index is -1.07. The molecule has 0 spiro atoms. The molecule has 6 N–H and O–H groups in total. The lowest BCUT2D eigenvalue weighted by molar-refractivity contribution is -0.133. The SMILES string of the molecule is CC(C)(C)OC(=O)N[C@@H](Cc1ccccc1)C(=O)NC(=O)[C@H](Cc1cnc[nH]1)N[C@@H](CC1CCCCC1)[C@@H](O)c1ncc[nH]1. The summed E-state index contributed by atoms with van der Waals surface area (Å²) in [5, 5.41) is 19.8. The van der Waals surface area contributed by atoms with Crippen LogP contribution in [0.3, 0.4) is 0 Å². The Hall–Kier alpha value is -4.03. The number of imide groups is 1. The van der Waals surface area contributed by atoms with E-state index in [1.54, 1.807) is 39.4 Å². The summed E-state index contributed by atoms with van der Waals surface area (Å²) in [4.78, 5) is 54.4. The molecule has 12 nitrogen and oxygen atoms in total. The molecule has 2 heterocycles. The number of nitrogens with zero attached hydrogens (tertiary/aromatic N) is 2. The van der Waals surface area contributed by atoms with Gasteiger partial charge < -0.3 is 25.1 Å². The Balaban J connectivity index is 1.54. The van der Waals surface area contributed by atoms with Gasteiger partial charge in [-0.1, -0.05) is 62.4 Å². The maximum absolute atomic E-state index is 13.8. The summed E-state index contributed by atoms with van der Waals surface area (Å²) in [5.74, 6) is -0.471. The van der Waals surface area contributed by atoms with Gasteiger partial charge in [0.05, 0.1) is 12.4 Å². The molecular formula is C32H45N7O5. The van der Waals surface area contributed by atoms with Crippen LogP contribution in [0.4, 0.5) is 4.79 Å². The maximum Gasteiger partial charge on any atom is 0.408 e. The number of hydrogen-bond acceptors (Lipinski definition) is 8. The Morgan fingerprint density at radius 1 is 1.02 bits per heavy atom. The van der Waals surface area contributed by atoms with Crippen molar-refractivity contribution in [3.63, 3.8) is 0 Å². The van der Waals surface area contributed by atoms with Gasteiger partial charge in [-0.3, -0.25) is 20.2 Å². The first kappa shape index (κ1) is 32.9. The van der Waals surface area contributed by atoms with E-state index < -0.39 is 47.7 Å². The van der Waals surface area contributed by atoms with Crippen LogP contribution < -0.4 is 16.0 Å². The average molecular weight is 608 g/mol. The van der Waals surface area contributed by atoms with Crippen LogP contribution in [0.25, 0.3) is 0 Å². The van der Waals surface area contributed by atoms with Crippen LogP contribution in [0.5, 0.6) is 0 Å². The molecule has 0 radical (unpaired) electrons. The fourth-order valence-electron chi connectivity index (χ4n) is 5.61. The predicted octanol–water partition coefficient (Wildman–Crippen LogP) is 3.48. The van der Waals surface area contributed by atoms with Gasteiger partial charge in [0.25, 0.3) is 0 Å². The molecule has 0 bridgehead atoms. The standard InChI is InChI=1S/C32H45N7O5/c1-32(2,3)44-31(43)38-25(17-22-12-8-5-9-13-22)29(41)39-30(42)26(18-23-19-33-20-36-23)37-24(16-21-10-6-4-7-11-21)27(40)28-34-14-15-35-28/h5,8-9,12-15,19-21,24-27,37,40H,4,6-7,10-11,16-18H2,1-3H3,(H,33,36)(H,34,35)(H,38,43)(H,39,41,42)/t24-,25-,26-,27+/m0/s1. The fourth-order valence-corrected chi connectivity index (χ4v) is 5.61. The molecule has 1 saturated carbocycles. The lowest BCUT2D eigenvalue weighted by atomic mass is 9.83. The number of rotatable bonds is 13. The van der Waals surface area contributed by atoms with Crippen molar-refractivity contribution in [1.29, 1.82) is 0 Å². The number of aliphatic hydroxyl groups is 1. The maximum atomic E-state index is 13.8. The van der Waals surface area contributed by atoms with Gasteiger partial charge in [0.1, 0.15) is 23.6 Å². The number of alkyl carbamates (subject to hydrolysis) is 1. The first-order valence-corrected chi connectivity index (χ1v) is 15.4. The molecule has 1 aliphatic carbocycles. The Bertz CT molecular complexity index is 1300. The summed E-state index contributed by atoms with van der Waals surface area (Å²) in [5.41, 5.74) is 0.716. The van der Waals surface area contributed by atoms with Crippen molar-refractivity contribution in [3.05, 3.63) is 72.3 Å². The normalized spacial score (nSPS) is 16.8. The lowest BCUT2D eigenvalue weighted by Crippen LogP contribution is -2.56. The molecule has 238 valence electrons. The molecule has 2 aromatic heterocycles. The van der Waals surface area contributed by atoms with E-state index in [0.29, 0.717) is 23.9 Å². The quantitative estimate of drug-likeness (QED) is 0.171. The van der Waals surface area contributed by atoms with E-state index in [4.69, 9.17) is 4.74 Å². The van der Waals surface area contributed by atoms with Gasteiger partial charge in [0.15, 0.2) is 0 Å². The zero-order valence-corrected chi connectivity index (χ0v) is 25.7. The number of carbonyl (C=O) groups excluding carboxylic acids is 3. The molecule has 12 heteroatoms. The van der Waals surface area contributed by atoms with Gasteiger partial charge >= 0.3 is 6.09 Å². The summed E-state index contributed by atoms with van der Waals surface area (Å²) in [6, 6.07) is 6.72. The topological polar surface area (TPSA) is 174 Å². The number of aliphatic hydroxyl groups excluding tert-OH is 1. The number of aromatic nitrogens is 4. The molecule has 0 aliphatic heterocycles. The Kier molecular flexibility index (Phi) is 11.7. The van der Waals surface area contributed by atoms with Crippen molar-refractivity contribution < 1.29 is 24.2 Å². The van der Waals surface area contributed by atoms with Crippen molar-refractivity contribution in [2.75, 3.05) is 0 Å². The van der Waals surface area contributed by atoms with E-state index in [1.807, 2.05) is 30.3 Å². The van der Waals surface area contributed by atoms with Crippen molar-refractivity contribution in [2.24, 2.45) is 5.92 Å². The van der Waals surface area contributed by atoms with Gasteiger partial charge in [0.2, 0.25) is 11.8 Å². The first-order chi connectivity index (χ1) is 21.1. The highest BCUT2D eigenvalue weighted by Crippen LogP contribution is 2.30. The minimum absolute atomic E-state index is 0.152. The predicted molar refractivity (Wildman–Crippen MR) is 164 cm³/mol. The summed E-state index contributed by atoms with van der Waals surface area (Å²) in [6.07, 6.45) is 11.1. The molecule has 3 aromatic rings. The van der Waals surface area contributed by atoms with Crippen LogP contribution in [-0.4, -0.2) is 66.7 Å². The number of benzene rings is 1. The van der Waals surface area contributed by atoms with E-state index in [0.717, 1.165) is 31.2 Å². The number of ether oxygens (including phenoxy) is 1.